The second-order valence-corrected chi connectivity index (χ2v) is 5.54. The van der Waals surface area contributed by atoms with Crippen molar-refractivity contribution in [2.45, 2.75) is 43.9 Å². The molecule has 0 spiro atoms. The zero-order valence-corrected chi connectivity index (χ0v) is 11.0. The van der Waals surface area contributed by atoms with Gasteiger partial charge in [0.2, 0.25) is 0 Å². The first kappa shape index (κ1) is 11.9. The average Bonchev–Trinajstić information content (AvgIpc) is 3.16. The number of aliphatic hydroxyl groups is 1. The molecule has 0 aromatic carbocycles. The van der Waals surface area contributed by atoms with Crippen molar-refractivity contribution >= 4 is 0 Å². The van der Waals surface area contributed by atoms with Crippen molar-refractivity contribution in [2.24, 2.45) is 0 Å². The third-order valence-corrected chi connectivity index (χ3v) is 4.09. The summed E-state index contributed by atoms with van der Waals surface area (Å²) in [6, 6.07) is 4.78. The second-order valence-electron chi connectivity index (χ2n) is 5.54. The molecule has 4 nitrogen and oxygen atoms in total. The number of hydrogen-bond donors (Lipinski definition) is 1. The highest BCUT2D eigenvalue weighted by Crippen LogP contribution is 2.43. The van der Waals surface area contributed by atoms with E-state index in [1.165, 1.54) is 12.8 Å². The van der Waals surface area contributed by atoms with Gasteiger partial charge in [-0.2, -0.15) is 0 Å². The Morgan fingerprint density at radius 1 is 1.50 bits per heavy atom. The van der Waals surface area contributed by atoms with Gasteiger partial charge in [-0.1, -0.05) is 0 Å². The van der Waals surface area contributed by atoms with Gasteiger partial charge in [-0.25, -0.2) is 0 Å². The highest BCUT2D eigenvalue weighted by atomic mass is 16.5. The fraction of sp³-hybridized carbons (Fsp3) is 0.643. The Bertz CT molecular complexity index is 447. The van der Waals surface area contributed by atoms with Crippen LogP contribution in [0.4, 0.5) is 0 Å². The van der Waals surface area contributed by atoms with E-state index in [0.29, 0.717) is 30.1 Å². The summed E-state index contributed by atoms with van der Waals surface area (Å²) >= 11 is 0. The largest absolute Gasteiger partial charge is 0.495 e. The van der Waals surface area contributed by atoms with Crippen LogP contribution in [-0.4, -0.2) is 40.7 Å². The van der Waals surface area contributed by atoms with E-state index >= 15 is 0 Å². The molecule has 1 aromatic rings. The number of hydrogen-bond acceptors (Lipinski definition) is 4. The lowest BCUT2D eigenvalue weighted by Gasteiger charge is -2.24. The molecule has 1 aliphatic heterocycles. The highest BCUT2D eigenvalue weighted by Gasteiger charge is 2.48. The number of aromatic nitrogens is 1. The molecule has 98 valence electrons. The van der Waals surface area contributed by atoms with Gasteiger partial charge >= 0.3 is 0 Å². The summed E-state index contributed by atoms with van der Waals surface area (Å²) in [6.07, 6.45) is 4.98. The van der Waals surface area contributed by atoms with Gasteiger partial charge in [0.05, 0.1) is 7.11 Å². The van der Waals surface area contributed by atoms with Crippen LogP contribution in [0.2, 0.25) is 0 Å². The van der Waals surface area contributed by atoms with Crippen LogP contribution in [0.1, 0.15) is 31.9 Å². The first-order valence-electron chi connectivity index (χ1n) is 6.61. The molecule has 1 N–H and O–H groups in total. The van der Waals surface area contributed by atoms with Gasteiger partial charge in [0.15, 0.2) is 0 Å². The van der Waals surface area contributed by atoms with Crippen molar-refractivity contribution < 1.29 is 9.84 Å². The zero-order chi connectivity index (χ0) is 12.8. The van der Waals surface area contributed by atoms with E-state index in [-0.39, 0.29) is 0 Å². The molecule has 1 saturated heterocycles. The predicted molar refractivity (Wildman–Crippen MR) is 68.5 cm³/mol. The molecule has 1 aromatic heterocycles. The monoisotopic (exact) mass is 248 g/mol. The Morgan fingerprint density at radius 2 is 2.28 bits per heavy atom. The maximum absolute atomic E-state index is 10.9. The molecular formula is C14H20N2O2. The molecule has 2 aliphatic rings. The van der Waals surface area contributed by atoms with E-state index in [1.807, 2.05) is 12.1 Å². The lowest BCUT2D eigenvalue weighted by atomic mass is 9.95. The maximum atomic E-state index is 10.9. The van der Waals surface area contributed by atoms with Crippen LogP contribution >= 0.6 is 0 Å². The van der Waals surface area contributed by atoms with Crippen LogP contribution < -0.4 is 4.74 Å². The molecule has 18 heavy (non-hydrogen) atoms. The molecule has 3 rings (SSSR count). The first-order valence-corrected chi connectivity index (χ1v) is 6.61. The summed E-state index contributed by atoms with van der Waals surface area (Å²) in [6.45, 7) is 2.86. The lowest BCUT2D eigenvalue weighted by Crippen LogP contribution is -2.34. The zero-order valence-electron chi connectivity index (χ0n) is 11.0. The van der Waals surface area contributed by atoms with Gasteiger partial charge in [0.25, 0.3) is 0 Å². The molecule has 2 fully saturated rings. The fourth-order valence-corrected chi connectivity index (χ4v) is 3.10. The Balaban J connectivity index is 1.90. The third kappa shape index (κ3) is 1.89. The van der Waals surface area contributed by atoms with Gasteiger partial charge in [0, 0.05) is 24.8 Å². The van der Waals surface area contributed by atoms with E-state index in [2.05, 4.69) is 16.8 Å². The van der Waals surface area contributed by atoms with Crippen LogP contribution in [-0.2, 0) is 5.60 Å². The van der Waals surface area contributed by atoms with Crippen LogP contribution in [0.5, 0.6) is 5.75 Å². The summed E-state index contributed by atoms with van der Waals surface area (Å²) in [5.41, 5.74) is -0.184. The lowest BCUT2D eigenvalue weighted by molar-refractivity contribution is 0.0382. The van der Waals surface area contributed by atoms with E-state index in [9.17, 15) is 5.11 Å². The van der Waals surface area contributed by atoms with Crippen LogP contribution in [0.25, 0.3) is 0 Å². The van der Waals surface area contributed by atoms with Crippen molar-refractivity contribution in [3.8, 4) is 5.75 Å². The number of pyridine rings is 1. The number of likely N-dealkylation sites (tertiary alicyclic amines) is 1. The van der Waals surface area contributed by atoms with Crippen LogP contribution in [0, 0.1) is 0 Å². The van der Waals surface area contributed by atoms with Gasteiger partial charge in [0.1, 0.15) is 17.0 Å². The van der Waals surface area contributed by atoms with E-state index in [1.54, 1.807) is 13.3 Å². The Hall–Kier alpha value is -1.13. The molecule has 0 radical (unpaired) electrons. The number of ether oxygens (including phenoxy) is 1. The predicted octanol–water partition coefficient (Wildman–Crippen LogP) is 1.53. The average molecular weight is 248 g/mol. The van der Waals surface area contributed by atoms with Crippen molar-refractivity contribution in [3.63, 3.8) is 0 Å². The van der Waals surface area contributed by atoms with Crippen LogP contribution in [0.15, 0.2) is 18.3 Å². The molecule has 0 bridgehead atoms. The normalized spacial score (nSPS) is 32.7. The fourth-order valence-electron chi connectivity index (χ4n) is 3.10. The minimum atomic E-state index is -0.866. The molecule has 2 heterocycles. The smallest absolute Gasteiger partial charge is 0.143 e. The van der Waals surface area contributed by atoms with Gasteiger partial charge in [-0.15, -0.1) is 0 Å². The molecule has 2 atom stereocenters. The topological polar surface area (TPSA) is 45.6 Å². The van der Waals surface area contributed by atoms with Crippen molar-refractivity contribution in [1.82, 2.24) is 9.88 Å². The number of rotatable bonds is 3. The molecule has 1 aliphatic carbocycles. The summed E-state index contributed by atoms with van der Waals surface area (Å²) < 4.78 is 5.33. The van der Waals surface area contributed by atoms with E-state index < -0.39 is 5.60 Å². The number of methoxy groups -OCH3 is 1. The quantitative estimate of drug-likeness (QED) is 0.881. The van der Waals surface area contributed by atoms with E-state index in [4.69, 9.17) is 4.74 Å². The van der Waals surface area contributed by atoms with Gasteiger partial charge < -0.3 is 9.84 Å². The van der Waals surface area contributed by atoms with Gasteiger partial charge in [-0.05, 0) is 38.3 Å². The third-order valence-electron chi connectivity index (χ3n) is 4.09. The van der Waals surface area contributed by atoms with Crippen molar-refractivity contribution in [1.29, 1.82) is 0 Å². The number of β-amino-alcohol motifs (C(OH)–C–C–N with tert-alkyl or cyclic N) is 1. The number of nitrogens with zero attached hydrogens (tertiary/aromatic N) is 2. The highest BCUT2D eigenvalue weighted by molar-refractivity contribution is 5.33. The SMILES string of the molecule is COc1cccnc1C1(O)CC(C)N(C2CC2)C1. The summed E-state index contributed by atoms with van der Waals surface area (Å²) in [4.78, 5) is 6.76. The standard InChI is InChI=1S/C14H20N2O2/c1-10-8-14(17,9-16(10)11-5-6-11)13-12(18-2)4-3-7-15-13/h3-4,7,10-11,17H,5-6,8-9H2,1-2H3. The summed E-state index contributed by atoms with van der Waals surface area (Å²) in [5, 5.41) is 10.9. The molecular weight excluding hydrogens is 228 g/mol. The Labute approximate surface area is 108 Å². The van der Waals surface area contributed by atoms with E-state index in [0.717, 1.165) is 6.42 Å². The molecule has 0 amide bonds. The van der Waals surface area contributed by atoms with Crippen LogP contribution in [0.3, 0.4) is 0 Å². The molecule has 1 saturated carbocycles. The second kappa shape index (κ2) is 4.21. The Morgan fingerprint density at radius 3 is 2.94 bits per heavy atom. The first-order chi connectivity index (χ1) is 8.64. The molecule has 4 heteroatoms. The Kier molecular flexibility index (Phi) is 2.79. The summed E-state index contributed by atoms with van der Waals surface area (Å²) in [7, 11) is 1.63. The van der Waals surface area contributed by atoms with Crippen molar-refractivity contribution in [3.05, 3.63) is 24.0 Å². The maximum Gasteiger partial charge on any atom is 0.143 e. The van der Waals surface area contributed by atoms with Crippen molar-refractivity contribution in [2.75, 3.05) is 13.7 Å². The van der Waals surface area contributed by atoms with Gasteiger partial charge in [-0.3, -0.25) is 9.88 Å². The molecule has 2 unspecified atom stereocenters. The summed E-state index contributed by atoms with van der Waals surface area (Å²) in [5.74, 6) is 0.685. The minimum Gasteiger partial charge on any atom is -0.495 e. The minimum absolute atomic E-state index is 0.411.